The maximum absolute atomic E-state index is 12.8. The third-order valence-electron chi connectivity index (χ3n) is 4.18. The van der Waals surface area contributed by atoms with E-state index in [2.05, 4.69) is 0 Å². The Bertz CT molecular complexity index is 758. The summed E-state index contributed by atoms with van der Waals surface area (Å²) in [6.07, 6.45) is 1.57. The first-order valence-corrected chi connectivity index (χ1v) is 9.27. The van der Waals surface area contributed by atoms with Crippen LogP contribution in [0.2, 0.25) is 0 Å². The van der Waals surface area contributed by atoms with Crippen molar-refractivity contribution in [1.29, 1.82) is 0 Å². The van der Waals surface area contributed by atoms with Gasteiger partial charge in [0.1, 0.15) is 0 Å². The average molecular weight is 369 g/mol. The molecule has 0 bridgehead atoms. The summed E-state index contributed by atoms with van der Waals surface area (Å²) < 4.78 is 5.69. The second kappa shape index (κ2) is 10.5. The van der Waals surface area contributed by atoms with Gasteiger partial charge in [-0.15, -0.1) is 0 Å². The molecule has 0 heterocycles. The van der Waals surface area contributed by atoms with Crippen LogP contribution >= 0.6 is 0 Å². The summed E-state index contributed by atoms with van der Waals surface area (Å²) in [5.74, 6) is -1.16. The van der Waals surface area contributed by atoms with Gasteiger partial charge in [-0.2, -0.15) is 0 Å². The molecule has 0 radical (unpaired) electrons. The summed E-state index contributed by atoms with van der Waals surface area (Å²) in [6, 6.07) is 14.7. The zero-order chi connectivity index (χ0) is 19.6. The van der Waals surface area contributed by atoms with E-state index in [1.807, 2.05) is 37.3 Å². The Hall–Kier alpha value is -2.66. The highest BCUT2D eigenvalue weighted by atomic mass is 16.5. The van der Waals surface area contributed by atoms with Crippen molar-refractivity contribution in [3.8, 4) is 0 Å². The Balaban J connectivity index is 1.91. The summed E-state index contributed by atoms with van der Waals surface area (Å²) in [6.45, 7) is 6.15. The quantitative estimate of drug-likeness (QED) is 0.639. The summed E-state index contributed by atoms with van der Waals surface area (Å²) in [5.41, 5.74) is 2.45. The average Bonchev–Trinajstić information content (AvgIpc) is 2.66. The molecule has 2 aromatic carbocycles. The van der Waals surface area contributed by atoms with Crippen molar-refractivity contribution in [2.75, 3.05) is 19.7 Å². The second-order valence-corrected chi connectivity index (χ2v) is 6.58. The number of carbonyl (C=O) groups excluding carboxylic acids is 1. The number of hydrogen-bond acceptors (Lipinski definition) is 3. The molecule has 0 spiro atoms. The molecule has 0 aromatic heterocycles. The lowest BCUT2D eigenvalue weighted by Gasteiger charge is -2.22. The first-order chi connectivity index (χ1) is 13.0. The van der Waals surface area contributed by atoms with Crippen LogP contribution < -0.4 is 0 Å². The highest BCUT2D eigenvalue weighted by Gasteiger charge is 2.17. The lowest BCUT2D eigenvalue weighted by atomic mass is 10.1. The molecule has 2 rings (SSSR count). The number of amides is 1. The van der Waals surface area contributed by atoms with Crippen LogP contribution in [0.15, 0.2) is 48.5 Å². The Labute approximate surface area is 160 Å². The third-order valence-corrected chi connectivity index (χ3v) is 4.18. The molecule has 27 heavy (non-hydrogen) atoms. The van der Waals surface area contributed by atoms with E-state index in [1.165, 1.54) is 6.07 Å². The molecule has 0 fully saturated rings. The number of nitrogens with zero attached hydrogens (tertiary/aromatic N) is 1. The van der Waals surface area contributed by atoms with Gasteiger partial charge in [0.25, 0.3) is 5.91 Å². The van der Waals surface area contributed by atoms with Gasteiger partial charge in [0.15, 0.2) is 0 Å². The molecule has 0 atom stereocenters. The van der Waals surface area contributed by atoms with E-state index in [9.17, 15) is 14.7 Å². The molecule has 2 aromatic rings. The van der Waals surface area contributed by atoms with Gasteiger partial charge in [-0.1, -0.05) is 37.3 Å². The van der Waals surface area contributed by atoms with Gasteiger partial charge in [0.05, 0.1) is 12.2 Å². The number of rotatable bonds is 10. The van der Waals surface area contributed by atoms with Crippen LogP contribution in [0.3, 0.4) is 0 Å². The minimum atomic E-state index is -1.02. The van der Waals surface area contributed by atoms with E-state index < -0.39 is 5.97 Å². The number of aromatic carboxylic acids is 1. The van der Waals surface area contributed by atoms with Crippen LogP contribution in [0.5, 0.6) is 0 Å². The number of benzene rings is 2. The van der Waals surface area contributed by atoms with E-state index in [0.717, 1.165) is 24.0 Å². The lowest BCUT2D eigenvalue weighted by Crippen LogP contribution is -2.33. The maximum atomic E-state index is 12.8. The van der Waals surface area contributed by atoms with Gasteiger partial charge in [-0.3, -0.25) is 4.79 Å². The molecule has 5 heteroatoms. The van der Waals surface area contributed by atoms with Gasteiger partial charge in [0, 0.05) is 25.3 Å². The van der Waals surface area contributed by atoms with E-state index >= 15 is 0 Å². The van der Waals surface area contributed by atoms with Crippen molar-refractivity contribution >= 4 is 11.9 Å². The SMILES string of the molecule is CCCN(CCCOCc1ccccc1)C(=O)c1cc(C)cc(C(=O)O)c1. The fourth-order valence-corrected chi connectivity index (χ4v) is 2.92. The number of carboxylic acids is 1. The fourth-order valence-electron chi connectivity index (χ4n) is 2.92. The molecule has 0 saturated carbocycles. The molecular weight excluding hydrogens is 342 g/mol. The Morgan fingerprint density at radius 1 is 1.04 bits per heavy atom. The molecule has 1 amide bonds. The molecule has 0 saturated heterocycles. The minimum Gasteiger partial charge on any atom is -0.478 e. The summed E-state index contributed by atoms with van der Waals surface area (Å²) in [7, 11) is 0. The van der Waals surface area contributed by atoms with Crippen LogP contribution in [0.1, 0.15) is 51.6 Å². The third kappa shape index (κ3) is 6.53. The standard InChI is InChI=1S/C22H27NO4/c1-3-10-23(11-7-12-27-16-18-8-5-4-6-9-18)21(24)19-13-17(2)14-20(15-19)22(25)26/h4-6,8-9,13-15H,3,7,10-12,16H2,1-2H3,(H,25,26). The zero-order valence-corrected chi connectivity index (χ0v) is 16.0. The highest BCUT2D eigenvalue weighted by Crippen LogP contribution is 2.13. The van der Waals surface area contributed by atoms with Crippen molar-refractivity contribution in [3.63, 3.8) is 0 Å². The van der Waals surface area contributed by atoms with E-state index in [4.69, 9.17) is 4.74 Å². The predicted octanol–water partition coefficient (Wildman–Crippen LogP) is 4.15. The minimum absolute atomic E-state index is 0.133. The number of aryl methyl sites for hydroxylation is 1. The Morgan fingerprint density at radius 2 is 1.74 bits per heavy atom. The molecule has 1 N–H and O–H groups in total. The van der Waals surface area contributed by atoms with Gasteiger partial charge in [-0.05, 0) is 49.1 Å². The summed E-state index contributed by atoms with van der Waals surface area (Å²) >= 11 is 0. The molecule has 144 valence electrons. The number of carboxylic acid groups (broad SMARTS) is 1. The molecule has 0 aliphatic carbocycles. The van der Waals surface area contributed by atoms with Gasteiger partial charge < -0.3 is 14.7 Å². The molecule has 0 unspecified atom stereocenters. The lowest BCUT2D eigenvalue weighted by molar-refractivity contribution is 0.0696. The normalized spacial score (nSPS) is 10.6. The van der Waals surface area contributed by atoms with Crippen molar-refractivity contribution in [2.45, 2.75) is 33.3 Å². The summed E-state index contributed by atoms with van der Waals surface area (Å²) in [4.78, 5) is 25.9. The number of carbonyl (C=O) groups is 2. The van der Waals surface area contributed by atoms with Gasteiger partial charge in [0.2, 0.25) is 0 Å². The van der Waals surface area contributed by atoms with Crippen LogP contribution in [-0.2, 0) is 11.3 Å². The molecule has 0 aliphatic heterocycles. The van der Waals surface area contributed by atoms with E-state index in [-0.39, 0.29) is 11.5 Å². The molecular formula is C22H27NO4. The Morgan fingerprint density at radius 3 is 2.41 bits per heavy atom. The first kappa shape index (κ1) is 20.6. The smallest absolute Gasteiger partial charge is 0.335 e. The van der Waals surface area contributed by atoms with Crippen LogP contribution in [-0.4, -0.2) is 41.6 Å². The van der Waals surface area contributed by atoms with Crippen molar-refractivity contribution in [1.82, 2.24) is 4.90 Å². The van der Waals surface area contributed by atoms with E-state index in [1.54, 1.807) is 24.0 Å². The van der Waals surface area contributed by atoms with Crippen LogP contribution in [0.25, 0.3) is 0 Å². The largest absolute Gasteiger partial charge is 0.478 e. The van der Waals surface area contributed by atoms with Gasteiger partial charge >= 0.3 is 5.97 Å². The van der Waals surface area contributed by atoms with Crippen molar-refractivity contribution in [3.05, 3.63) is 70.8 Å². The molecule has 0 aliphatic rings. The van der Waals surface area contributed by atoms with Crippen molar-refractivity contribution < 1.29 is 19.4 Å². The zero-order valence-electron chi connectivity index (χ0n) is 16.0. The second-order valence-electron chi connectivity index (χ2n) is 6.58. The number of ether oxygens (including phenoxy) is 1. The first-order valence-electron chi connectivity index (χ1n) is 9.27. The predicted molar refractivity (Wildman–Crippen MR) is 105 cm³/mol. The fraction of sp³-hybridized carbons (Fsp3) is 0.364. The van der Waals surface area contributed by atoms with E-state index in [0.29, 0.717) is 31.9 Å². The maximum Gasteiger partial charge on any atom is 0.335 e. The van der Waals surface area contributed by atoms with Crippen molar-refractivity contribution in [2.24, 2.45) is 0 Å². The summed E-state index contributed by atoms with van der Waals surface area (Å²) in [5, 5.41) is 9.21. The molecule has 5 nitrogen and oxygen atoms in total. The number of hydrogen-bond donors (Lipinski definition) is 1. The van der Waals surface area contributed by atoms with Gasteiger partial charge in [-0.25, -0.2) is 4.79 Å². The highest BCUT2D eigenvalue weighted by molar-refractivity contribution is 5.97. The monoisotopic (exact) mass is 369 g/mol. The van der Waals surface area contributed by atoms with Crippen LogP contribution in [0.4, 0.5) is 0 Å². The van der Waals surface area contributed by atoms with Crippen LogP contribution in [0, 0.1) is 6.92 Å². The Kier molecular flexibility index (Phi) is 8.01. The topological polar surface area (TPSA) is 66.8 Å².